The second kappa shape index (κ2) is 11.9. The fourth-order valence-corrected chi connectivity index (χ4v) is 1.92. The summed E-state index contributed by atoms with van der Waals surface area (Å²) in [5.74, 6) is 0. The summed E-state index contributed by atoms with van der Waals surface area (Å²) in [7, 11) is 1.92. The molecule has 0 bridgehead atoms. The highest BCUT2D eigenvalue weighted by Gasteiger charge is 2.09. The van der Waals surface area contributed by atoms with Gasteiger partial charge in [0.25, 0.3) is 0 Å². The largest absolute Gasteiger partial charge is 0.378 e. The summed E-state index contributed by atoms with van der Waals surface area (Å²) >= 11 is 0. The SMILES string of the molecule is CNCCOCCOCCOCCN1CCCC1. The molecule has 1 heterocycles. The Morgan fingerprint density at radius 3 is 2.00 bits per heavy atom. The Hall–Kier alpha value is -0.200. The van der Waals surface area contributed by atoms with E-state index in [-0.39, 0.29) is 0 Å². The Bertz CT molecular complexity index is 176. The third kappa shape index (κ3) is 8.83. The molecule has 0 spiro atoms. The second-order valence-corrected chi connectivity index (χ2v) is 4.49. The molecule has 0 amide bonds. The van der Waals surface area contributed by atoms with Gasteiger partial charge in [-0.05, 0) is 33.0 Å². The first kappa shape index (κ1) is 15.9. The van der Waals surface area contributed by atoms with Crippen LogP contribution in [-0.4, -0.2) is 77.8 Å². The zero-order chi connectivity index (χ0) is 12.9. The van der Waals surface area contributed by atoms with Crippen LogP contribution in [0, 0.1) is 0 Å². The standard InChI is InChI=1S/C13H28N2O3/c1-14-4-8-16-10-12-18-13-11-17-9-7-15-5-2-3-6-15/h14H,2-13H2,1H3. The number of rotatable bonds is 12. The molecule has 0 unspecified atom stereocenters. The van der Waals surface area contributed by atoms with Gasteiger partial charge in [0.2, 0.25) is 0 Å². The minimum atomic E-state index is 0.652. The van der Waals surface area contributed by atoms with E-state index in [0.717, 1.165) is 26.3 Å². The molecule has 1 saturated heterocycles. The molecular weight excluding hydrogens is 232 g/mol. The van der Waals surface area contributed by atoms with Crippen LogP contribution >= 0.6 is 0 Å². The highest BCUT2D eigenvalue weighted by Crippen LogP contribution is 2.05. The molecule has 0 radical (unpaired) electrons. The van der Waals surface area contributed by atoms with Gasteiger partial charge in [-0.15, -0.1) is 0 Å². The van der Waals surface area contributed by atoms with Gasteiger partial charge >= 0.3 is 0 Å². The average molecular weight is 260 g/mol. The summed E-state index contributed by atoms with van der Waals surface area (Å²) in [6.07, 6.45) is 2.69. The molecule has 1 N–H and O–H groups in total. The quantitative estimate of drug-likeness (QED) is 0.513. The van der Waals surface area contributed by atoms with E-state index in [1.165, 1.54) is 25.9 Å². The molecule has 0 saturated carbocycles. The Morgan fingerprint density at radius 1 is 0.833 bits per heavy atom. The molecule has 1 rings (SSSR count). The van der Waals surface area contributed by atoms with Crippen LogP contribution in [0.25, 0.3) is 0 Å². The third-order valence-corrected chi connectivity index (χ3v) is 2.99. The maximum Gasteiger partial charge on any atom is 0.0701 e. The van der Waals surface area contributed by atoms with Crippen molar-refractivity contribution in [1.82, 2.24) is 10.2 Å². The van der Waals surface area contributed by atoms with Crippen molar-refractivity contribution in [2.24, 2.45) is 0 Å². The third-order valence-electron chi connectivity index (χ3n) is 2.99. The number of likely N-dealkylation sites (tertiary alicyclic amines) is 1. The number of hydrogen-bond acceptors (Lipinski definition) is 5. The van der Waals surface area contributed by atoms with Crippen LogP contribution in [0.3, 0.4) is 0 Å². The maximum atomic E-state index is 5.52. The van der Waals surface area contributed by atoms with E-state index in [1.807, 2.05) is 7.05 Å². The molecular formula is C13H28N2O3. The first-order valence-electron chi connectivity index (χ1n) is 7.03. The van der Waals surface area contributed by atoms with Crippen LogP contribution in [0.1, 0.15) is 12.8 Å². The highest BCUT2D eigenvalue weighted by molar-refractivity contribution is 4.64. The number of nitrogens with zero attached hydrogens (tertiary/aromatic N) is 1. The minimum Gasteiger partial charge on any atom is -0.378 e. The van der Waals surface area contributed by atoms with Gasteiger partial charge in [-0.3, -0.25) is 0 Å². The normalized spacial score (nSPS) is 16.5. The zero-order valence-corrected chi connectivity index (χ0v) is 11.7. The van der Waals surface area contributed by atoms with Crippen molar-refractivity contribution in [2.45, 2.75) is 12.8 Å². The Morgan fingerprint density at radius 2 is 1.39 bits per heavy atom. The number of nitrogens with one attached hydrogen (secondary N) is 1. The van der Waals surface area contributed by atoms with Crippen molar-refractivity contribution >= 4 is 0 Å². The van der Waals surface area contributed by atoms with Gasteiger partial charge in [0.05, 0.1) is 39.6 Å². The fourth-order valence-electron chi connectivity index (χ4n) is 1.92. The maximum absolute atomic E-state index is 5.52. The van der Waals surface area contributed by atoms with E-state index in [0.29, 0.717) is 26.4 Å². The van der Waals surface area contributed by atoms with Gasteiger partial charge in [0.1, 0.15) is 0 Å². The summed E-state index contributed by atoms with van der Waals surface area (Å²) < 4.78 is 16.3. The molecule has 1 aliphatic rings. The van der Waals surface area contributed by atoms with Crippen LogP contribution in [-0.2, 0) is 14.2 Å². The molecule has 18 heavy (non-hydrogen) atoms. The molecule has 1 aliphatic heterocycles. The van der Waals surface area contributed by atoms with E-state index in [9.17, 15) is 0 Å². The molecule has 0 aromatic carbocycles. The summed E-state index contributed by atoms with van der Waals surface area (Å²) in [5, 5.41) is 3.03. The molecule has 0 aromatic heterocycles. The lowest BCUT2D eigenvalue weighted by atomic mass is 10.4. The smallest absolute Gasteiger partial charge is 0.0701 e. The van der Waals surface area contributed by atoms with Gasteiger partial charge < -0.3 is 24.4 Å². The molecule has 108 valence electrons. The minimum absolute atomic E-state index is 0.652. The second-order valence-electron chi connectivity index (χ2n) is 4.49. The molecule has 5 heteroatoms. The lowest BCUT2D eigenvalue weighted by molar-refractivity contribution is 0.0122. The number of hydrogen-bond donors (Lipinski definition) is 1. The average Bonchev–Trinajstić information content (AvgIpc) is 2.89. The molecule has 5 nitrogen and oxygen atoms in total. The van der Waals surface area contributed by atoms with Crippen molar-refractivity contribution in [1.29, 1.82) is 0 Å². The van der Waals surface area contributed by atoms with Gasteiger partial charge in [-0.2, -0.15) is 0 Å². The Balaban J connectivity index is 1.68. The van der Waals surface area contributed by atoms with Gasteiger partial charge in [0.15, 0.2) is 0 Å². The van der Waals surface area contributed by atoms with E-state index in [4.69, 9.17) is 14.2 Å². The molecule has 0 aromatic rings. The van der Waals surface area contributed by atoms with Gasteiger partial charge in [0, 0.05) is 13.1 Å². The van der Waals surface area contributed by atoms with Gasteiger partial charge in [-0.25, -0.2) is 0 Å². The van der Waals surface area contributed by atoms with Crippen molar-refractivity contribution in [3.63, 3.8) is 0 Å². The molecule has 0 atom stereocenters. The van der Waals surface area contributed by atoms with Gasteiger partial charge in [-0.1, -0.05) is 0 Å². The lowest BCUT2D eigenvalue weighted by Crippen LogP contribution is -2.24. The Kier molecular flexibility index (Phi) is 10.5. The lowest BCUT2D eigenvalue weighted by Gasteiger charge is -2.14. The first-order chi connectivity index (χ1) is 8.93. The monoisotopic (exact) mass is 260 g/mol. The molecule has 0 aliphatic carbocycles. The summed E-state index contributed by atoms with van der Waals surface area (Å²) in [6.45, 7) is 8.66. The van der Waals surface area contributed by atoms with Crippen molar-refractivity contribution in [3.8, 4) is 0 Å². The topological polar surface area (TPSA) is 43.0 Å². The van der Waals surface area contributed by atoms with E-state index < -0.39 is 0 Å². The number of likely N-dealkylation sites (N-methyl/N-ethyl adjacent to an activating group) is 1. The van der Waals surface area contributed by atoms with Crippen LogP contribution in [0.2, 0.25) is 0 Å². The Labute approximate surface area is 111 Å². The fraction of sp³-hybridized carbons (Fsp3) is 1.00. The summed E-state index contributed by atoms with van der Waals surface area (Å²) in [4.78, 5) is 2.45. The van der Waals surface area contributed by atoms with Crippen LogP contribution in [0.5, 0.6) is 0 Å². The zero-order valence-electron chi connectivity index (χ0n) is 11.7. The van der Waals surface area contributed by atoms with Crippen LogP contribution < -0.4 is 5.32 Å². The van der Waals surface area contributed by atoms with Crippen molar-refractivity contribution < 1.29 is 14.2 Å². The van der Waals surface area contributed by atoms with Crippen LogP contribution in [0.15, 0.2) is 0 Å². The predicted molar refractivity (Wildman–Crippen MR) is 72.1 cm³/mol. The van der Waals surface area contributed by atoms with E-state index in [2.05, 4.69) is 10.2 Å². The summed E-state index contributed by atoms with van der Waals surface area (Å²) in [5.41, 5.74) is 0. The highest BCUT2D eigenvalue weighted by atomic mass is 16.5. The first-order valence-corrected chi connectivity index (χ1v) is 7.03. The van der Waals surface area contributed by atoms with E-state index in [1.54, 1.807) is 0 Å². The predicted octanol–water partition coefficient (Wildman–Crippen LogP) is 0.351. The summed E-state index contributed by atoms with van der Waals surface area (Å²) in [6, 6.07) is 0. The van der Waals surface area contributed by atoms with Crippen molar-refractivity contribution in [2.75, 3.05) is 72.9 Å². The number of ether oxygens (including phenoxy) is 3. The molecule has 1 fully saturated rings. The van der Waals surface area contributed by atoms with E-state index >= 15 is 0 Å². The van der Waals surface area contributed by atoms with Crippen LogP contribution in [0.4, 0.5) is 0 Å². The van der Waals surface area contributed by atoms with Crippen molar-refractivity contribution in [3.05, 3.63) is 0 Å².